The molecule has 1 aromatic rings. The van der Waals surface area contributed by atoms with E-state index in [1.54, 1.807) is 29.2 Å². The monoisotopic (exact) mass is 402 g/mol. The number of benzene rings is 1. The van der Waals surface area contributed by atoms with Crippen LogP contribution < -0.4 is 4.90 Å². The van der Waals surface area contributed by atoms with Crippen molar-refractivity contribution >= 4 is 55.9 Å². The number of amides is 1. The van der Waals surface area contributed by atoms with Crippen molar-refractivity contribution in [3.8, 4) is 0 Å². The molecule has 0 aliphatic carbocycles. The zero-order valence-corrected chi connectivity index (χ0v) is 15.4. The number of aliphatic imine (C=N–C) groups is 1. The summed E-state index contributed by atoms with van der Waals surface area (Å²) in [5, 5.41) is 9.42. The van der Waals surface area contributed by atoms with Crippen molar-refractivity contribution in [3.05, 3.63) is 29.3 Å². The minimum absolute atomic E-state index is 0.00434. The molecule has 0 spiro atoms. The van der Waals surface area contributed by atoms with E-state index in [0.717, 1.165) is 0 Å². The molecule has 0 saturated carbocycles. The smallest absolute Gasteiger partial charge is 0.303 e. The predicted molar refractivity (Wildman–Crippen MR) is 97.1 cm³/mol. The van der Waals surface area contributed by atoms with Crippen LogP contribution in [-0.2, 0) is 19.4 Å². The van der Waals surface area contributed by atoms with E-state index in [4.69, 9.17) is 16.7 Å². The van der Waals surface area contributed by atoms with Crippen LogP contribution >= 0.6 is 23.4 Å². The molecular formula is C15H15ClN2O5S2. The molecule has 2 saturated heterocycles. The number of hydrogen-bond acceptors (Lipinski definition) is 5. The second-order valence-corrected chi connectivity index (χ2v) is 9.63. The first-order chi connectivity index (χ1) is 11.7. The third-order valence-corrected chi connectivity index (χ3v) is 7.41. The Morgan fingerprint density at radius 3 is 2.56 bits per heavy atom. The maximum atomic E-state index is 12.0. The topological polar surface area (TPSA) is 104 Å². The largest absolute Gasteiger partial charge is 0.481 e. The number of hydrogen-bond donors (Lipinski definition) is 1. The number of sulfone groups is 1. The Hall–Kier alpha value is -1.58. The van der Waals surface area contributed by atoms with Gasteiger partial charge >= 0.3 is 5.97 Å². The molecule has 1 amide bonds. The highest BCUT2D eigenvalue weighted by molar-refractivity contribution is 8.16. The number of anilines is 1. The zero-order valence-electron chi connectivity index (χ0n) is 13.0. The molecule has 1 aromatic carbocycles. The number of aliphatic carboxylic acids is 1. The number of fused-ring (bicyclic) bond motifs is 1. The molecule has 0 bridgehead atoms. The van der Waals surface area contributed by atoms with E-state index in [-0.39, 0.29) is 35.6 Å². The van der Waals surface area contributed by atoms with Crippen LogP contribution in [0.2, 0.25) is 5.02 Å². The average molecular weight is 403 g/mol. The molecular weight excluding hydrogens is 388 g/mol. The van der Waals surface area contributed by atoms with Crippen LogP contribution in [-0.4, -0.2) is 53.4 Å². The van der Waals surface area contributed by atoms with E-state index in [9.17, 15) is 18.0 Å². The van der Waals surface area contributed by atoms with E-state index in [0.29, 0.717) is 15.9 Å². The van der Waals surface area contributed by atoms with Crippen molar-refractivity contribution in [2.75, 3.05) is 16.4 Å². The lowest BCUT2D eigenvalue weighted by Gasteiger charge is -2.24. The van der Waals surface area contributed by atoms with Gasteiger partial charge in [0, 0.05) is 22.4 Å². The first-order valence-electron chi connectivity index (χ1n) is 7.50. The summed E-state index contributed by atoms with van der Waals surface area (Å²) in [6.07, 6.45) is -0.482. The lowest BCUT2D eigenvalue weighted by Crippen LogP contribution is -2.37. The van der Waals surface area contributed by atoms with E-state index < -0.39 is 21.7 Å². The van der Waals surface area contributed by atoms with E-state index in [1.807, 2.05) is 0 Å². The van der Waals surface area contributed by atoms with Gasteiger partial charge in [-0.15, -0.1) is 0 Å². The van der Waals surface area contributed by atoms with Gasteiger partial charge in [0.25, 0.3) is 0 Å². The first-order valence-corrected chi connectivity index (χ1v) is 10.6. The Bertz CT molecular complexity index is 838. The molecule has 2 heterocycles. The molecule has 1 N–H and O–H groups in total. The lowest BCUT2D eigenvalue weighted by molar-refractivity contribution is -0.138. The van der Waals surface area contributed by atoms with Gasteiger partial charge in [-0.05, 0) is 24.3 Å². The Balaban J connectivity index is 1.90. The van der Waals surface area contributed by atoms with Crippen LogP contribution in [0.3, 0.4) is 0 Å². The molecule has 134 valence electrons. The number of thioether (sulfide) groups is 1. The summed E-state index contributed by atoms with van der Waals surface area (Å²) in [6, 6.07) is 6.55. The molecule has 0 unspecified atom stereocenters. The molecule has 2 fully saturated rings. The maximum absolute atomic E-state index is 12.0. The highest BCUT2D eigenvalue weighted by Crippen LogP contribution is 2.41. The Morgan fingerprint density at radius 2 is 1.92 bits per heavy atom. The van der Waals surface area contributed by atoms with E-state index in [1.165, 1.54) is 11.8 Å². The standard InChI is InChI=1S/C15H15ClN2O5S2/c16-9-1-3-10(4-2-9)18-11-7-25(22,23)8-12(11)24-15(18)17-13(19)5-6-14(20)21/h1-4,11-12H,5-8H2,(H,20,21)/t11-,12+/m1/s1. The number of nitrogens with zero attached hydrogens (tertiary/aromatic N) is 2. The molecule has 2 atom stereocenters. The van der Waals surface area contributed by atoms with Crippen molar-refractivity contribution in [1.29, 1.82) is 0 Å². The molecule has 25 heavy (non-hydrogen) atoms. The average Bonchev–Trinajstić information content (AvgIpc) is 2.97. The van der Waals surface area contributed by atoms with Gasteiger partial charge in [-0.2, -0.15) is 4.99 Å². The predicted octanol–water partition coefficient (Wildman–Crippen LogP) is 1.81. The second kappa shape index (κ2) is 6.97. The van der Waals surface area contributed by atoms with E-state index in [2.05, 4.69) is 4.99 Å². The minimum atomic E-state index is -3.13. The first kappa shape index (κ1) is 18.2. The Morgan fingerprint density at radius 1 is 1.24 bits per heavy atom. The van der Waals surface area contributed by atoms with E-state index >= 15 is 0 Å². The summed E-state index contributed by atoms with van der Waals surface area (Å²) >= 11 is 7.16. The van der Waals surface area contributed by atoms with Crippen LogP contribution in [0.25, 0.3) is 0 Å². The van der Waals surface area contributed by atoms with Crippen LogP contribution in [0, 0.1) is 0 Å². The number of rotatable bonds is 4. The quantitative estimate of drug-likeness (QED) is 0.818. The number of carboxylic acid groups (broad SMARTS) is 1. The summed E-state index contributed by atoms with van der Waals surface area (Å²) in [5.41, 5.74) is 0.700. The second-order valence-electron chi connectivity index (χ2n) is 5.83. The fourth-order valence-electron chi connectivity index (χ4n) is 2.84. The van der Waals surface area contributed by atoms with Crippen molar-refractivity contribution < 1.29 is 23.1 Å². The number of carbonyl (C=O) groups excluding carboxylic acids is 1. The minimum Gasteiger partial charge on any atom is -0.481 e. The molecule has 0 aromatic heterocycles. The summed E-state index contributed by atoms with van der Waals surface area (Å²) in [4.78, 5) is 28.3. The van der Waals surface area contributed by atoms with Crippen LogP contribution in [0.4, 0.5) is 5.69 Å². The van der Waals surface area contributed by atoms with Gasteiger partial charge in [0.1, 0.15) is 0 Å². The molecule has 3 rings (SSSR count). The summed E-state index contributed by atoms with van der Waals surface area (Å²) < 4.78 is 23.9. The van der Waals surface area contributed by atoms with Gasteiger partial charge in [0.15, 0.2) is 15.0 Å². The fraction of sp³-hybridized carbons (Fsp3) is 0.400. The SMILES string of the molecule is O=C(O)CCC(=O)N=C1S[C@H]2CS(=O)(=O)C[C@H]2N1c1ccc(Cl)cc1. The number of carbonyl (C=O) groups is 2. The molecule has 7 nitrogen and oxygen atoms in total. The highest BCUT2D eigenvalue weighted by atomic mass is 35.5. The van der Waals surface area contributed by atoms with Crippen LogP contribution in [0.1, 0.15) is 12.8 Å². The van der Waals surface area contributed by atoms with Crippen molar-refractivity contribution in [2.45, 2.75) is 24.1 Å². The van der Waals surface area contributed by atoms with Crippen LogP contribution in [0.15, 0.2) is 29.3 Å². The van der Waals surface area contributed by atoms with Crippen LogP contribution in [0.5, 0.6) is 0 Å². The van der Waals surface area contributed by atoms with Gasteiger partial charge in [0.2, 0.25) is 5.91 Å². The molecule has 0 radical (unpaired) electrons. The molecule has 2 aliphatic heterocycles. The summed E-state index contributed by atoms with van der Waals surface area (Å²) in [7, 11) is -3.13. The van der Waals surface area contributed by atoms with Gasteiger partial charge < -0.3 is 10.0 Å². The third kappa shape index (κ3) is 4.16. The normalized spacial score (nSPS) is 26.0. The van der Waals surface area contributed by atoms with Crippen molar-refractivity contribution in [3.63, 3.8) is 0 Å². The number of amidine groups is 1. The zero-order chi connectivity index (χ0) is 18.2. The summed E-state index contributed by atoms with van der Waals surface area (Å²) in [6.45, 7) is 0. The number of halogens is 1. The summed E-state index contributed by atoms with van der Waals surface area (Å²) in [5.74, 6) is -1.57. The highest BCUT2D eigenvalue weighted by Gasteiger charge is 2.49. The number of carboxylic acids is 1. The van der Waals surface area contributed by atoms with Gasteiger partial charge in [-0.1, -0.05) is 23.4 Å². The van der Waals surface area contributed by atoms with Gasteiger partial charge in [-0.3, -0.25) is 9.59 Å². The van der Waals surface area contributed by atoms with Gasteiger partial charge in [0.05, 0.1) is 24.0 Å². The fourth-order valence-corrected chi connectivity index (χ4v) is 6.90. The Labute approximate surface area is 154 Å². The van der Waals surface area contributed by atoms with Crippen molar-refractivity contribution in [1.82, 2.24) is 0 Å². The van der Waals surface area contributed by atoms with Gasteiger partial charge in [-0.25, -0.2) is 8.42 Å². The molecule has 10 heteroatoms. The Kier molecular flexibility index (Phi) is 5.08. The van der Waals surface area contributed by atoms with Crippen molar-refractivity contribution in [2.24, 2.45) is 4.99 Å². The lowest BCUT2D eigenvalue weighted by atomic mass is 10.2. The third-order valence-electron chi connectivity index (χ3n) is 3.94. The molecule has 2 aliphatic rings. The maximum Gasteiger partial charge on any atom is 0.303 e.